The summed E-state index contributed by atoms with van der Waals surface area (Å²) in [5.74, 6) is -0.877. The molecule has 0 radical (unpaired) electrons. The Kier molecular flexibility index (Phi) is 16.8. The van der Waals surface area contributed by atoms with Gasteiger partial charge in [-0.2, -0.15) is 16.8 Å². The van der Waals surface area contributed by atoms with Crippen molar-refractivity contribution in [2.24, 2.45) is 0 Å². The summed E-state index contributed by atoms with van der Waals surface area (Å²) < 4.78 is 99.9. The lowest BCUT2D eigenvalue weighted by atomic mass is 10.1. The minimum absolute atomic E-state index is 0.00658. The van der Waals surface area contributed by atoms with E-state index in [9.17, 15) is 26.4 Å². The van der Waals surface area contributed by atoms with Crippen LogP contribution >= 0.6 is 0 Å². The van der Waals surface area contributed by atoms with E-state index in [2.05, 4.69) is 10.6 Å². The maximum absolute atomic E-state index is 15.1. The summed E-state index contributed by atoms with van der Waals surface area (Å²) in [7, 11) is -12.1. The van der Waals surface area contributed by atoms with Gasteiger partial charge in [-0.05, 0) is 102 Å². The van der Waals surface area contributed by atoms with Crippen LogP contribution in [0.1, 0.15) is 63.8 Å². The molecule has 14 nitrogen and oxygen atoms in total. The fraction of sp³-hybridized carbons (Fsp3) is 0.348. The van der Waals surface area contributed by atoms with Crippen molar-refractivity contribution >= 4 is 65.5 Å². The number of anilines is 2. The molecule has 63 heavy (non-hydrogen) atoms. The lowest BCUT2D eigenvalue weighted by Gasteiger charge is -2.22. The summed E-state index contributed by atoms with van der Waals surface area (Å²) in [5.41, 5.74) is 1.80. The molecule has 0 amide bonds. The average molecular weight is 925 g/mol. The number of para-hydroxylation sites is 2. The standard InChI is InChI=1S/C46H56N2O12S3/c1-45(2,3)57-43(49)31-47-37-23-17-33(18-24-37)29-39(27-21-35-13-9-11-15-41(35)59-61(7,51)52)63(55,56)40(28-22-36-14-10-12-16-42(36)60-62(8,53)54)30-34-19-25-38(26-20-34)48-32-44(50)58-46(4,5)6/h9-28,39-40,47-48H,29-32H2,1-8H3/b27-21+,28-22+. The van der Waals surface area contributed by atoms with Crippen molar-refractivity contribution in [2.75, 3.05) is 36.2 Å². The van der Waals surface area contributed by atoms with Crippen LogP contribution in [-0.4, -0.2) is 84.5 Å². The highest BCUT2D eigenvalue weighted by Gasteiger charge is 2.32. The quantitative estimate of drug-likeness (QED) is 0.0665. The molecular weight excluding hydrogens is 869 g/mol. The Balaban J connectivity index is 1.76. The van der Waals surface area contributed by atoms with E-state index < -0.39 is 63.7 Å². The molecule has 0 heterocycles. The number of hydrogen-bond donors (Lipinski definition) is 2. The van der Waals surface area contributed by atoms with Crippen LogP contribution in [0.2, 0.25) is 0 Å². The van der Waals surface area contributed by atoms with Gasteiger partial charge in [0.25, 0.3) is 0 Å². The molecular formula is C46H56N2O12S3. The first kappa shape index (κ1) is 50.0. The highest BCUT2D eigenvalue weighted by atomic mass is 32.2. The first-order valence-electron chi connectivity index (χ1n) is 19.9. The smallest absolute Gasteiger partial charge is 0.325 e. The van der Waals surface area contributed by atoms with Gasteiger partial charge in [-0.3, -0.25) is 9.59 Å². The number of carbonyl (C=O) groups is 2. The van der Waals surface area contributed by atoms with Gasteiger partial charge < -0.3 is 28.5 Å². The normalized spacial score (nSPS) is 13.6. The Bertz CT molecular complexity index is 2420. The number of benzene rings is 4. The van der Waals surface area contributed by atoms with E-state index in [-0.39, 0.29) is 37.4 Å². The van der Waals surface area contributed by atoms with Gasteiger partial charge in [-0.15, -0.1) is 0 Å². The van der Waals surface area contributed by atoms with Gasteiger partial charge in [0.15, 0.2) is 9.84 Å². The number of esters is 2. The Morgan fingerprint density at radius 2 is 0.873 bits per heavy atom. The molecule has 0 aliphatic heterocycles. The van der Waals surface area contributed by atoms with Crippen LogP contribution in [0.25, 0.3) is 12.2 Å². The zero-order valence-corrected chi connectivity index (χ0v) is 39.1. The summed E-state index contributed by atoms with van der Waals surface area (Å²) in [4.78, 5) is 24.6. The van der Waals surface area contributed by atoms with Crippen LogP contribution in [0.15, 0.2) is 109 Å². The zero-order valence-electron chi connectivity index (χ0n) is 36.7. The second-order valence-corrected chi connectivity index (χ2v) is 22.3. The Hall–Kier alpha value is -5.65. The molecule has 2 atom stereocenters. The molecule has 4 aromatic rings. The molecule has 0 bridgehead atoms. The topological polar surface area (TPSA) is 198 Å². The van der Waals surface area contributed by atoms with Crippen LogP contribution in [0.4, 0.5) is 11.4 Å². The zero-order chi connectivity index (χ0) is 46.6. The molecule has 0 saturated heterocycles. The second-order valence-electron chi connectivity index (χ2n) is 16.7. The van der Waals surface area contributed by atoms with Crippen LogP contribution in [0.3, 0.4) is 0 Å². The van der Waals surface area contributed by atoms with Crippen molar-refractivity contribution in [3.8, 4) is 11.5 Å². The third-order valence-corrected chi connectivity index (χ3v) is 11.9. The molecule has 4 rings (SSSR count). The molecule has 340 valence electrons. The highest BCUT2D eigenvalue weighted by molar-refractivity contribution is 7.93. The number of ether oxygens (including phenoxy) is 2. The molecule has 0 aliphatic carbocycles. The van der Waals surface area contributed by atoms with E-state index in [1.807, 2.05) is 0 Å². The van der Waals surface area contributed by atoms with Crippen molar-refractivity contribution < 1.29 is 52.7 Å². The van der Waals surface area contributed by atoms with Crippen molar-refractivity contribution in [3.63, 3.8) is 0 Å². The molecule has 17 heteroatoms. The van der Waals surface area contributed by atoms with Gasteiger partial charge in [0.2, 0.25) is 0 Å². The van der Waals surface area contributed by atoms with E-state index >= 15 is 8.42 Å². The third-order valence-electron chi connectivity index (χ3n) is 8.64. The molecule has 2 unspecified atom stereocenters. The van der Waals surface area contributed by atoms with Gasteiger partial charge in [0, 0.05) is 22.5 Å². The van der Waals surface area contributed by atoms with Crippen molar-refractivity contribution in [1.29, 1.82) is 0 Å². The van der Waals surface area contributed by atoms with Crippen LogP contribution in [0.5, 0.6) is 11.5 Å². The molecule has 0 aliphatic rings. The molecule has 0 saturated carbocycles. The largest absolute Gasteiger partial charge is 0.459 e. The highest BCUT2D eigenvalue weighted by Crippen LogP contribution is 2.28. The summed E-state index contributed by atoms with van der Waals surface area (Å²) in [6.07, 6.45) is 7.75. The van der Waals surface area contributed by atoms with Crippen molar-refractivity contribution in [2.45, 2.75) is 76.1 Å². The summed E-state index contributed by atoms with van der Waals surface area (Å²) in [6.45, 7) is 10.5. The lowest BCUT2D eigenvalue weighted by Crippen LogP contribution is -2.33. The van der Waals surface area contributed by atoms with Gasteiger partial charge >= 0.3 is 32.2 Å². The van der Waals surface area contributed by atoms with E-state index in [1.165, 1.54) is 36.4 Å². The fourth-order valence-corrected chi connectivity index (χ4v) is 8.88. The van der Waals surface area contributed by atoms with E-state index in [4.69, 9.17) is 17.8 Å². The molecule has 2 N–H and O–H groups in total. The van der Waals surface area contributed by atoms with E-state index in [0.29, 0.717) is 33.6 Å². The Morgan fingerprint density at radius 3 is 1.19 bits per heavy atom. The number of rotatable bonds is 20. The third kappa shape index (κ3) is 17.9. The SMILES string of the molecule is CC(C)(C)OC(=O)CNc1ccc(CC(/C=C/c2ccccc2OS(C)(=O)=O)S(=O)(=O)C(/C=C/c2ccccc2OS(C)(=O)=O)Cc2ccc(NCC(=O)OC(C)(C)C)cc2)cc1. The molecule has 0 fully saturated rings. The Labute approximate surface area is 371 Å². The number of nitrogens with one attached hydrogen (secondary N) is 2. The van der Waals surface area contributed by atoms with Crippen LogP contribution in [-0.2, 0) is 62.0 Å². The van der Waals surface area contributed by atoms with Crippen LogP contribution in [0, 0.1) is 0 Å². The Morgan fingerprint density at radius 1 is 0.540 bits per heavy atom. The van der Waals surface area contributed by atoms with E-state index in [0.717, 1.165) is 12.5 Å². The molecule has 4 aromatic carbocycles. The van der Waals surface area contributed by atoms with Crippen molar-refractivity contribution in [3.05, 3.63) is 131 Å². The summed E-state index contributed by atoms with van der Waals surface area (Å²) in [5, 5.41) is 3.61. The monoisotopic (exact) mass is 924 g/mol. The number of sulfone groups is 1. The summed E-state index contributed by atoms with van der Waals surface area (Å²) in [6, 6.07) is 26.4. The van der Waals surface area contributed by atoms with Gasteiger partial charge in [-0.25, -0.2) is 8.42 Å². The number of carbonyl (C=O) groups excluding carboxylic acids is 2. The van der Waals surface area contributed by atoms with Crippen LogP contribution < -0.4 is 19.0 Å². The van der Waals surface area contributed by atoms with Gasteiger partial charge in [-0.1, -0.05) is 85.0 Å². The van der Waals surface area contributed by atoms with Gasteiger partial charge in [0.05, 0.1) is 23.0 Å². The maximum atomic E-state index is 15.1. The van der Waals surface area contributed by atoms with Gasteiger partial charge in [0.1, 0.15) is 35.8 Å². The predicted octanol–water partition coefficient (Wildman–Crippen LogP) is 7.23. The predicted molar refractivity (Wildman–Crippen MR) is 247 cm³/mol. The van der Waals surface area contributed by atoms with E-state index in [1.54, 1.807) is 126 Å². The average Bonchev–Trinajstić information content (AvgIpc) is 3.16. The number of hydrogen-bond acceptors (Lipinski definition) is 14. The van der Waals surface area contributed by atoms with Crippen molar-refractivity contribution in [1.82, 2.24) is 0 Å². The molecule has 0 spiro atoms. The minimum Gasteiger partial charge on any atom is -0.459 e. The maximum Gasteiger partial charge on any atom is 0.325 e. The first-order valence-corrected chi connectivity index (χ1v) is 25.1. The lowest BCUT2D eigenvalue weighted by molar-refractivity contribution is -0.153. The summed E-state index contributed by atoms with van der Waals surface area (Å²) >= 11 is 0. The first-order chi connectivity index (χ1) is 29.2. The minimum atomic E-state index is -4.24. The fourth-order valence-electron chi connectivity index (χ4n) is 6.03. The second kappa shape index (κ2) is 21.1. The molecule has 0 aromatic heterocycles.